The highest BCUT2D eigenvalue weighted by atomic mass is 15.1. The average molecular weight is 865 g/mol. The molecule has 1 aromatic heterocycles. The Morgan fingerprint density at radius 2 is 0.662 bits per heavy atom. The Morgan fingerprint density at radius 3 is 1.29 bits per heavy atom. The Bertz CT molecular complexity index is 3930. The SMILES string of the molecule is c1cc(-c2ccc(N(c3ccc(-c4ccc(-c5cccc6ccccc56)cc4)cc3)c3ccc(-c4cc5ccccc5c5ccccc45)cc3)cc2)cc(-n2c3ccccc3c3ccccc32)c1. The molecule has 0 amide bonds. The molecule has 0 bridgehead atoms. The first-order valence-electron chi connectivity index (χ1n) is 23.4. The lowest BCUT2D eigenvalue weighted by atomic mass is 9.93. The molecule has 2 heteroatoms. The summed E-state index contributed by atoms with van der Waals surface area (Å²) in [5.74, 6) is 0. The van der Waals surface area contributed by atoms with E-state index in [2.05, 4.69) is 276 Å². The quantitative estimate of drug-likeness (QED) is 0.138. The Labute approximate surface area is 395 Å². The Balaban J connectivity index is 0.868. The van der Waals surface area contributed by atoms with Gasteiger partial charge in [0.15, 0.2) is 0 Å². The monoisotopic (exact) mass is 864 g/mol. The summed E-state index contributed by atoms with van der Waals surface area (Å²) < 4.78 is 2.39. The van der Waals surface area contributed by atoms with Crippen LogP contribution in [0.2, 0.25) is 0 Å². The molecule has 68 heavy (non-hydrogen) atoms. The van der Waals surface area contributed by atoms with Gasteiger partial charge in [0.1, 0.15) is 0 Å². The van der Waals surface area contributed by atoms with E-state index in [4.69, 9.17) is 0 Å². The van der Waals surface area contributed by atoms with Gasteiger partial charge in [0.2, 0.25) is 0 Å². The number of hydrogen-bond donors (Lipinski definition) is 0. The first-order valence-corrected chi connectivity index (χ1v) is 23.4. The fraction of sp³-hybridized carbons (Fsp3) is 0. The van der Waals surface area contributed by atoms with Crippen molar-refractivity contribution in [2.75, 3.05) is 4.90 Å². The smallest absolute Gasteiger partial charge is 0.0541 e. The number of hydrogen-bond acceptors (Lipinski definition) is 1. The van der Waals surface area contributed by atoms with Crippen LogP contribution in [0.15, 0.2) is 267 Å². The second kappa shape index (κ2) is 16.5. The van der Waals surface area contributed by atoms with E-state index in [9.17, 15) is 0 Å². The molecule has 0 aliphatic rings. The third kappa shape index (κ3) is 6.82. The van der Waals surface area contributed by atoms with Crippen LogP contribution >= 0.6 is 0 Å². The Kier molecular flexibility index (Phi) is 9.54. The van der Waals surface area contributed by atoms with E-state index in [1.54, 1.807) is 0 Å². The topological polar surface area (TPSA) is 8.17 Å². The molecule has 0 N–H and O–H groups in total. The van der Waals surface area contributed by atoms with Crippen molar-refractivity contribution in [3.63, 3.8) is 0 Å². The van der Waals surface area contributed by atoms with Gasteiger partial charge in [0, 0.05) is 33.5 Å². The molecule has 0 aliphatic carbocycles. The standard InChI is InChI=1S/C66H44N2/c1-3-18-57-48(13-1)15-12-24-58(57)49-29-27-45(28-30-49)46-31-37-53(38-32-46)67(55-41-35-50(36-42-55)64-44-52-14-2-4-19-59(52)60-20-5-6-21-61(60)64)54-39-33-47(34-40-54)51-16-11-17-56(43-51)68-65-25-9-7-22-62(65)63-23-8-10-26-66(63)68/h1-44H. The normalized spacial score (nSPS) is 11.5. The van der Waals surface area contributed by atoms with E-state index in [0.717, 1.165) is 28.3 Å². The number of anilines is 3. The van der Waals surface area contributed by atoms with Crippen molar-refractivity contribution in [2.45, 2.75) is 0 Å². The van der Waals surface area contributed by atoms with Crippen molar-refractivity contribution in [3.8, 4) is 50.2 Å². The van der Waals surface area contributed by atoms with Crippen molar-refractivity contribution in [1.82, 2.24) is 4.57 Å². The van der Waals surface area contributed by atoms with Crippen LogP contribution in [0, 0.1) is 0 Å². The lowest BCUT2D eigenvalue weighted by Crippen LogP contribution is -2.09. The summed E-state index contributed by atoms with van der Waals surface area (Å²) >= 11 is 0. The molecule has 318 valence electrons. The summed E-state index contributed by atoms with van der Waals surface area (Å²) in [6.45, 7) is 0. The van der Waals surface area contributed by atoms with E-state index in [0.29, 0.717) is 0 Å². The summed E-state index contributed by atoms with van der Waals surface area (Å²) in [4.78, 5) is 2.37. The molecule has 0 aliphatic heterocycles. The Morgan fingerprint density at radius 1 is 0.235 bits per heavy atom. The lowest BCUT2D eigenvalue weighted by Gasteiger charge is -2.26. The van der Waals surface area contributed by atoms with Crippen molar-refractivity contribution in [2.24, 2.45) is 0 Å². The maximum atomic E-state index is 2.39. The van der Waals surface area contributed by atoms with Gasteiger partial charge < -0.3 is 9.47 Å². The van der Waals surface area contributed by atoms with E-state index in [-0.39, 0.29) is 0 Å². The van der Waals surface area contributed by atoms with Crippen LogP contribution < -0.4 is 4.90 Å². The third-order valence-electron chi connectivity index (χ3n) is 13.8. The van der Waals surface area contributed by atoms with Crippen LogP contribution in [0.5, 0.6) is 0 Å². The van der Waals surface area contributed by atoms with Crippen LogP contribution in [-0.4, -0.2) is 4.57 Å². The molecule has 12 aromatic carbocycles. The molecule has 13 aromatic rings. The van der Waals surface area contributed by atoms with E-state index in [1.165, 1.54) is 93.1 Å². The number of benzene rings is 12. The highest BCUT2D eigenvalue weighted by Gasteiger charge is 2.17. The molecular weight excluding hydrogens is 821 g/mol. The van der Waals surface area contributed by atoms with Crippen LogP contribution in [0.3, 0.4) is 0 Å². The minimum atomic E-state index is 1.09. The number of rotatable bonds is 8. The Hall–Kier alpha value is -8.98. The van der Waals surface area contributed by atoms with Gasteiger partial charge >= 0.3 is 0 Å². The minimum absolute atomic E-state index is 1.09. The van der Waals surface area contributed by atoms with E-state index in [1.807, 2.05) is 0 Å². The summed E-state index contributed by atoms with van der Waals surface area (Å²) in [5, 5.41) is 10.1. The van der Waals surface area contributed by atoms with Crippen molar-refractivity contribution in [1.29, 1.82) is 0 Å². The molecule has 0 saturated carbocycles. The summed E-state index contributed by atoms with van der Waals surface area (Å²) in [6.07, 6.45) is 0. The lowest BCUT2D eigenvalue weighted by molar-refractivity contribution is 1.18. The molecule has 0 fully saturated rings. The fourth-order valence-electron chi connectivity index (χ4n) is 10.5. The summed E-state index contributed by atoms with van der Waals surface area (Å²) in [6, 6.07) is 97.4. The maximum absolute atomic E-state index is 2.39. The molecule has 13 rings (SSSR count). The second-order valence-electron chi connectivity index (χ2n) is 17.7. The van der Waals surface area contributed by atoms with Gasteiger partial charge in [-0.05, 0) is 144 Å². The largest absolute Gasteiger partial charge is 0.311 e. The van der Waals surface area contributed by atoms with Gasteiger partial charge in [-0.15, -0.1) is 0 Å². The average Bonchev–Trinajstić information content (AvgIpc) is 3.76. The number of fused-ring (bicyclic) bond motifs is 7. The van der Waals surface area contributed by atoms with Gasteiger partial charge in [0.05, 0.1) is 11.0 Å². The maximum Gasteiger partial charge on any atom is 0.0541 e. The molecule has 0 radical (unpaired) electrons. The molecule has 1 heterocycles. The van der Waals surface area contributed by atoms with Gasteiger partial charge in [0.25, 0.3) is 0 Å². The third-order valence-corrected chi connectivity index (χ3v) is 13.8. The van der Waals surface area contributed by atoms with Crippen molar-refractivity contribution >= 4 is 71.2 Å². The van der Waals surface area contributed by atoms with Crippen LogP contribution in [-0.2, 0) is 0 Å². The van der Waals surface area contributed by atoms with E-state index < -0.39 is 0 Å². The van der Waals surface area contributed by atoms with Gasteiger partial charge in [-0.25, -0.2) is 0 Å². The van der Waals surface area contributed by atoms with Crippen LogP contribution in [0.4, 0.5) is 17.1 Å². The molecule has 0 atom stereocenters. The molecule has 0 unspecified atom stereocenters. The predicted molar refractivity (Wildman–Crippen MR) is 290 cm³/mol. The summed E-state index contributed by atoms with van der Waals surface area (Å²) in [5.41, 5.74) is 16.4. The zero-order valence-electron chi connectivity index (χ0n) is 37.3. The van der Waals surface area contributed by atoms with Gasteiger partial charge in [-0.3, -0.25) is 0 Å². The molecule has 0 saturated heterocycles. The van der Waals surface area contributed by atoms with Crippen LogP contribution in [0.1, 0.15) is 0 Å². The van der Waals surface area contributed by atoms with Gasteiger partial charge in [-0.1, -0.05) is 200 Å². The molecular formula is C66H44N2. The number of nitrogens with zero attached hydrogens (tertiary/aromatic N) is 2. The first-order chi connectivity index (χ1) is 33.7. The van der Waals surface area contributed by atoms with Crippen molar-refractivity contribution in [3.05, 3.63) is 267 Å². The predicted octanol–water partition coefficient (Wildman–Crippen LogP) is 18.4. The zero-order valence-corrected chi connectivity index (χ0v) is 37.3. The fourth-order valence-corrected chi connectivity index (χ4v) is 10.5. The van der Waals surface area contributed by atoms with Gasteiger partial charge in [-0.2, -0.15) is 0 Å². The first kappa shape index (κ1) is 39.4. The van der Waals surface area contributed by atoms with Crippen LogP contribution in [0.25, 0.3) is 104 Å². The number of para-hydroxylation sites is 2. The molecule has 0 spiro atoms. The zero-order chi connectivity index (χ0) is 45.0. The van der Waals surface area contributed by atoms with Crippen molar-refractivity contribution < 1.29 is 0 Å². The highest BCUT2D eigenvalue weighted by Crippen LogP contribution is 2.41. The highest BCUT2D eigenvalue weighted by molar-refractivity contribution is 6.14. The molecule has 2 nitrogen and oxygen atoms in total. The second-order valence-corrected chi connectivity index (χ2v) is 17.7. The number of aromatic nitrogens is 1. The van der Waals surface area contributed by atoms with E-state index >= 15 is 0 Å². The minimum Gasteiger partial charge on any atom is -0.311 e. The summed E-state index contributed by atoms with van der Waals surface area (Å²) in [7, 11) is 0.